The Bertz CT molecular complexity index is 868. The van der Waals surface area contributed by atoms with Gasteiger partial charge in [-0.2, -0.15) is 13.2 Å². The third-order valence-corrected chi connectivity index (χ3v) is 6.56. The molecule has 2 aromatic rings. The van der Waals surface area contributed by atoms with Gasteiger partial charge in [0.15, 0.2) is 0 Å². The maximum Gasteiger partial charge on any atom is 0.398 e. The molecule has 1 aliphatic heterocycles. The number of hydrogen-bond acceptors (Lipinski definition) is 3. The molecule has 0 aromatic heterocycles. The van der Waals surface area contributed by atoms with Crippen molar-refractivity contribution in [3.8, 4) is 5.75 Å². The Hall–Kier alpha value is -2.05. The van der Waals surface area contributed by atoms with Crippen LogP contribution in [0.5, 0.6) is 5.75 Å². The molecule has 2 aromatic carbocycles. The highest BCUT2D eigenvalue weighted by atomic mass is 19.4. The van der Waals surface area contributed by atoms with Crippen LogP contribution in [0.2, 0.25) is 0 Å². The van der Waals surface area contributed by atoms with Gasteiger partial charge in [-0.25, -0.2) is 0 Å². The molecule has 1 fully saturated rings. The molecule has 4 rings (SSSR count). The lowest BCUT2D eigenvalue weighted by Crippen LogP contribution is -2.37. The van der Waals surface area contributed by atoms with E-state index in [9.17, 15) is 13.2 Å². The van der Waals surface area contributed by atoms with Crippen molar-refractivity contribution in [2.45, 2.75) is 56.4 Å². The van der Waals surface area contributed by atoms with Gasteiger partial charge >= 0.3 is 6.18 Å². The Morgan fingerprint density at radius 3 is 2.66 bits per heavy atom. The maximum atomic E-state index is 13.8. The number of nitrogens with one attached hydrogen (secondary N) is 2. The number of methoxy groups -OCH3 is 1. The van der Waals surface area contributed by atoms with Crippen molar-refractivity contribution in [2.75, 3.05) is 13.7 Å². The van der Waals surface area contributed by atoms with Gasteiger partial charge in [-0.15, -0.1) is 0 Å². The molecule has 2 aliphatic rings. The third kappa shape index (κ3) is 3.64. The van der Waals surface area contributed by atoms with Crippen LogP contribution in [0, 0.1) is 0 Å². The second kappa shape index (κ2) is 7.65. The summed E-state index contributed by atoms with van der Waals surface area (Å²) in [6.45, 7) is 2.69. The molecule has 0 amide bonds. The Balaban J connectivity index is 1.57. The van der Waals surface area contributed by atoms with Gasteiger partial charge in [0.1, 0.15) is 5.75 Å². The highest BCUT2D eigenvalue weighted by molar-refractivity contribution is 5.49. The van der Waals surface area contributed by atoms with Crippen molar-refractivity contribution in [1.82, 2.24) is 10.6 Å². The van der Waals surface area contributed by atoms with Gasteiger partial charge in [0.2, 0.25) is 0 Å². The van der Waals surface area contributed by atoms with Crippen molar-refractivity contribution >= 4 is 0 Å². The predicted octanol–water partition coefficient (Wildman–Crippen LogP) is 4.65. The summed E-state index contributed by atoms with van der Waals surface area (Å²) in [7, 11) is 1.58. The zero-order valence-corrected chi connectivity index (χ0v) is 16.8. The van der Waals surface area contributed by atoms with Gasteiger partial charge < -0.3 is 15.4 Å². The lowest BCUT2D eigenvalue weighted by Gasteiger charge is -2.29. The molecule has 1 heterocycles. The number of rotatable bonds is 5. The smallest absolute Gasteiger partial charge is 0.398 e. The Labute approximate surface area is 169 Å². The average Bonchev–Trinajstić information content (AvgIpc) is 3.31. The first-order chi connectivity index (χ1) is 13.8. The molecule has 1 aliphatic carbocycles. The molecule has 6 heteroatoms. The third-order valence-electron chi connectivity index (χ3n) is 6.56. The summed E-state index contributed by atoms with van der Waals surface area (Å²) in [5.41, 5.74) is 1.35. The summed E-state index contributed by atoms with van der Waals surface area (Å²) in [6, 6.07) is 14.1. The second-order valence-corrected chi connectivity index (χ2v) is 8.27. The zero-order chi connectivity index (χ0) is 20.6. The Morgan fingerprint density at radius 2 is 1.97 bits per heavy atom. The number of fused-ring (bicyclic) bond motifs is 1. The summed E-state index contributed by atoms with van der Waals surface area (Å²) in [5, 5.41) is 7.07. The summed E-state index contributed by atoms with van der Waals surface area (Å²) in [6.07, 6.45) is -2.77. The molecule has 156 valence electrons. The molecule has 0 radical (unpaired) electrons. The van der Waals surface area contributed by atoms with Crippen LogP contribution >= 0.6 is 0 Å². The number of hydrogen-bond donors (Lipinski definition) is 2. The Morgan fingerprint density at radius 1 is 1.21 bits per heavy atom. The number of benzene rings is 2. The second-order valence-electron chi connectivity index (χ2n) is 8.27. The fraction of sp³-hybridized carbons (Fsp3) is 0.478. The standard InChI is InChI=1S/C23H27F3N2O/c1-22(23(24,25)26)10-8-16-13-20(29-2)17(12-18(16)22)14-28-19-9-11-27-21(19)15-6-4-3-5-7-15/h3-7,12-13,19,21,27-28H,8-11,14H2,1-2H3/t19-,21-,22?/m1/s1. The normalized spacial score (nSPS) is 26.5. The molecular weight excluding hydrogens is 377 g/mol. The largest absolute Gasteiger partial charge is 0.496 e. The molecule has 3 atom stereocenters. The lowest BCUT2D eigenvalue weighted by atomic mass is 9.82. The minimum Gasteiger partial charge on any atom is -0.496 e. The fourth-order valence-corrected chi connectivity index (χ4v) is 4.70. The quantitative estimate of drug-likeness (QED) is 0.761. The van der Waals surface area contributed by atoms with Crippen molar-refractivity contribution in [3.05, 3.63) is 64.7 Å². The van der Waals surface area contributed by atoms with E-state index in [1.165, 1.54) is 12.5 Å². The van der Waals surface area contributed by atoms with E-state index in [4.69, 9.17) is 4.74 Å². The molecule has 29 heavy (non-hydrogen) atoms. The number of alkyl halides is 3. The van der Waals surface area contributed by atoms with Crippen molar-refractivity contribution < 1.29 is 17.9 Å². The monoisotopic (exact) mass is 404 g/mol. The van der Waals surface area contributed by atoms with E-state index >= 15 is 0 Å². The van der Waals surface area contributed by atoms with Crippen LogP contribution < -0.4 is 15.4 Å². The molecule has 1 unspecified atom stereocenters. The topological polar surface area (TPSA) is 33.3 Å². The van der Waals surface area contributed by atoms with Gasteiger partial charge in [0, 0.05) is 24.2 Å². The Kier molecular flexibility index (Phi) is 5.34. The minimum absolute atomic E-state index is 0.0918. The van der Waals surface area contributed by atoms with Gasteiger partial charge in [-0.1, -0.05) is 30.3 Å². The van der Waals surface area contributed by atoms with Crippen molar-refractivity contribution in [2.24, 2.45) is 0 Å². The minimum atomic E-state index is -4.26. The van der Waals surface area contributed by atoms with Crippen molar-refractivity contribution in [3.63, 3.8) is 0 Å². The molecular formula is C23H27F3N2O. The maximum absolute atomic E-state index is 13.8. The highest BCUT2D eigenvalue weighted by Gasteiger charge is 2.55. The average molecular weight is 404 g/mol. The first kappa shape index (κ1) is 20.2. The lowest BCUT2D eigenvalue weighted by molar-refractivity contribution is -0.184. The van der Waals surface area contributed by atoms with E-state index in [1.807, 2.05) is 18.2 Å². The molecule has 0 saturated carbocycles. The molecule has 3 nitrogen and oxygen atoms in total. The van der Waals surface area contributed by atoms with E-state index in [0.29, 0.717) is 24.3 Å². The predicted molar refractivity (Wildman–Crippen MR) is 107 cm³/mol. The van der Waals surface area contributed by atoms with Crippen LogP contribution in [-0.4, -0.2) is 25.9 Å². The summed E-state index contributed by atoms with van der Waals surface area (Å²) >= 11 is 0. The zero-order valence-electron chi connectivity index (χ0n) is 16.8. The van der Waals surface area contributed by atoms with E-state index in [0.717, 1.165) is 24.1 Å². The van der Waals surface area contributed by atoms with Crippen LogP contribution in [-0.2, 0) is 18.4 Å². The molecule has 0 spiro atoms. The van der Waals surface area contributed by atoms with Crippen LogP contribution in [0.3, 0.4) is 0 Å². The molecule has 2 N–H and O–H groups in total. The van der Waals surface area contributed by atoms with E-state index in [-0.39, 0.29) is 18.5 Å². The van der Waals surface area contributed by atoms with Crippen molar-refractivity contribution in [1.29, 1.82) is 0 Å². The van der Waals surface area contributed by atoms with E-state index < -0.39 is 11.6 Å². The van der Waals surface area contributed by atoms with Gasteiger partial charge in [-0.05, 0) is 61.6 Å². The van der Waals surface area contributed by atoms with E-state index in [2.05, 4.69) is 22.8 Å². The van der Waals surface area contributed by atoms with Gasteiger partial charge in [-0.3, -0.25) is 0 Å². The van der Waals surface area contributed by atoms with Gasteiger partial charge in [0.25, 0.3) is 0 Å². The van der Waals surface area contributed by atoms with E-state index in [1.54, 1.807) is 19.2 Å². The van der Waals surface area contributed by atoms with Gasteiger partial charge in [0.05, 0.1) is 12.5 Å². The first-order valence-corrected chi connectivity index (χ1v) is 10.1. The first-order valence-electron chi connectivity index (χ1n) is 10.1. The van der Waals surface area contributed by atoms with Crippen LogP contribution in [0.1, 0.15) is 48.1 Å². The highest BCUT2D eigenvalue weighted by Crippen LogP contribution is 2.50. The summed E-state index contributed by atoms with van der Waals surface area (Å²) in [5.74, 6) is 0.657. The molecule has 0 bridgehead atoms. The number of halogens is 3. The number of aryl methyl sites for hydroxylation is 1. The van der Waals surface area contributed by atoms with Crippen LogP contribution in [0.25, 0.3) is 0 Å². The SMILES string of the molecule is COc1cc2c(cc1CN[C@@H]1CCN[C@@H]1c1ccccc1)C(C)(C(F)(F)F)CC2. The summed E-state index contributed by atoms with van der Waals surface area (Å²) in [4.78, 5) is 0. The summed E-state index contributed by atoms with van der Waals surface area (Å²) < 4.78 is 46.8. The molecule has 1 saturated heterocycles. The van der Waals surface area contributed by atoms with Crippen LogP contribution in [0.15, 0.2) is 42.5 Å². The van der Waals surface area contributed by atoms with Crippen LogP contribution in [0.4, 0.5) is 13.2 Å². The fourth-order valence-electron chi connectivity index (χ4n) is 4.70. The number of ether oxygens (including phenoxy) is 1.